The number of allylic oxidation sites excluding steroid dienone is 1. The van der Waals surface area contributed by atoms with Crippen molar-refractivity contribution in [1.29, 1.82) is 0 Å². The Balaban J connectivity index is 1.99. The highest BCUT2D eigenvalue weighted by atomic mass is 35.5. The maximum absolute atomic E-state index is 14.9. The molecule has 2 nitrogen and oxygen atoms in total. The Kier molecular flexibility index (Phi) is 7.89. The Morgan fingerprint density at radius 3 is 2.03 bits per heavy atom. The van der Waals surface area contributed by atoms with Crippen LogP contribution in [0.15, 0.2) is 36.4 Å². The van der Waals surface area contributed by atoms with Crippen LogP contribution in [0.4, 0.5) is 39.5 Å². The third-order valence-corrected chi connectivity index (χ3v) is 6.50. The van der Waals surface area contributed by atoms with Crippen LogP contribution in [0.25, 0.3) is 5.83 Å². The number of hydrogen-bond acceptors (Lipinski definition) is 1. The number of alkyl halides is 8. The van der Waals surface area contributed by atoms with Crippen LogP contribution in [-0.4, -0.2) is 24.0 Å². The van der Waals surface area contributed by atoms with E-state index in [2.05, 4.69) is 0 Å². The summed E-state index contributed by atoms with van der Waals surface area (Å²) in [4.78, 5) is 12.2. The van der Waals surface area contributed by atoms with Crippen LogP contribution in [0, 0.1) is 0 Å². The fourth-order valence-corrected chi connectivity index (χ4v) is 4.14. The standard InChI is InChI=1S/C22H13Cl3F9NO/c23-15-4-10(5-16(24)18(15)25)13(21(29,30)31)6-17(26)9-1-2-12(14(3-9)22(32,33)34)19(36)35-11-7-20(27,28)8-11/h1-6,11,13H,7-8H2,(H,35,36)/b17-6-. The smallest absolute Gasteiger partial charge is 0.349 e. The SMILES string of the molecule is O=C(NC1CC(F)(F)C1)c1ccc(/C(F)=C/C(c2cc(Cl)c(Cl)c(Cl)c2)C(F)(F)F)cc1C(F)(F)F. The molecular weight excluding hydrogens is 572 g/mol. The summed E-state index contributed by atoms with van der Waals surface area (Å²) in [7, 11) is 0. The molecule has 2 aromatic rings. The van der Waals surface area contributed by atoms with E-state index >= 15 is 0 Å². The molecule has 196 valence electrons. The van der Waals surface area contributed by atoms with Crippen molar-refractivity contribution in [2.45, 2.75) is 43.1 Å². The Bertz CT molecular complexity index is 1180. The van der Waals surface area contributed by atoms with E-state index < -0.39 is 77.1 Å². The third kappa shape index (κ3) is 6.41. The lowest BCUT2D eigenvalue weighted by atomic mass is 9.88. The molecule has 3 rings (SSSR count). The van der Waals surface area contributed by atoms with Crippen molar-refractivity contribution in [3.63, 3.8) is 0 Å². The van der Waals surface area contributed by atoms with Crippen molar-refractivity contribution < 1.29 is 44.3 Å². The number of hydrogen-bond donors (Lipinski definition) is 1. The molecule has 0 heterocycles. The predicted octanol–water partition coefficient (Wildman–Crippen LogP) is 8.85. The van der Waals surface area contributed by atoms with E-state index in [4.69, 9.17) is 34.8 Å². The first-order valence-corrected chi connectivity index (χ1v) is 11.0. The molecule has 0 radical (unpaired) electrons. The van der Waals surface area contributed by atoms with Crippen molar-refractivity contribution in [2.75, 3.05) is 0 Å². The van der Waals surface area contributed by atoms with E-state index in [0.29, 0.717) is 12.1 Å². The second-order valence-electron chi connectivity index (χ2n) is 8.03. The predicted molar refractivity (Wildman–Crippen MR) is 116 cm³/mol. The summed E-state index contributed by atoms with van der Waals surface area (Å²) < 4.78 is 123. The summed E-state index contributed by atoms with van der Waals surface area (Å²) >= 11 is 17.2. The lowest BCUT2D eigenvalue weighted by Gasteiger charge is -2.35. The molecular formula is C22H13Cl3F9NO. The van der Waals surface area contributed by atoms with Crippen LogP contribution in [0.2, 0.25) is 15.1 Å². The van der Waals surface area contributed by atoms with E-state index in [-0.39, 0.29) is 27.2 Å². The van der Waals surface area contributed by atoms with Crippen LogP contribution in [0.5, 0.6) is 0 Å². The molecule has 0 aliphatic heterocycles. The fraction of sp³-hybridized carbons (Fsp3) is 0.318. The van der Waals surface area contributed by atoms with Crippen molar-refractivity contribution >= 4 is 46.5 Å². The van der Waals surface area contributed by atoms with Gasteiger partial charge in [0.2, 0.25) is 0 Å². The number of carbonyl (C=O) groups excluding carboxylic acids is 1. The Hall–Kier alpha value is -2.11. The van der Waals surface area contributed by atoms with Gasteiger partial charge in [-0.25, -0.2) is 13.2 Å². The molecule has 1 fully saturated rings. The molecule has 0 aromatic heterocycles. The molecule has 1 aliphatic rings. The highest BCUT2D eigenvalue weighted by Gasteiger charge is 2.46. The summed E-state index contributed by atoms with van der Waals surface area (Å²) in [6, 6.07) is 1.89. The molecule has 0 bridgehead atoms. The average Bonchev–Trinajstić information content (AvgIpc) is 2.72. The van der Waals surface area contributed by atoms with Crippen molar-refractivity contribution in [3.05, 3.63) is 73.7 Å². The van der Waals surface area contributed by atoms with Gasteiger partial charge in [-0.05, 0) is 35.9 Å². The molecule has 1 aliphatic carbocycles. The molecule has 1 amide bonds. The van der Waals surface area contributed by atoms with Crippen LogP contribution in [-0.2, 0) is 6.18 Å². The zero-order chi connectivity index (χ0) is 27.2. The van der Waals surface area contributed by atoms with E-state index in [1.165, 1.54) is 0 Å². The fourth-order valence-electron chi connectivity index (χ4n) is 3.53. The van der Waals surface area contributed by atoms with Crippen LogP contribution >= 0.6 is 34.8 Å². The zero-order valence-electron chi connectivity index (χ0n) is 17.5. The molecule has 14 heteroatoms. The van der Waals surface area contributed by atoms with Gasteiger partial charge in [0.1, 0.15) is 11.7 Å². The monoisotopic (exact) mass is 583 g/mol. The molecule has 1 unspecified atom stereocenters. The summed E-state index contributed by atoms with van der Waals surface area (Å²) in [5.74, 6) is -8.73. The summed E-state index contributed by atoms with van der Waals surface area (Å²) in [5, 5.41) is 1.06. The van der Waals surface area contributed by atoms with Crippen LogP contribution < -0.4 is 5.32 Å². The molecule has 36 heavy (non-hydrogen) atoms. The van der Waals surface area contributed by atoms with Gasteiger partial charge < -0.3 is 5.32 Å². The highest BCUT2D eigenvalue weighted by Crippen LogP contribution is 2.43. The van der Waals surface area contributed by atoms with Crippen LogP contribution in [0.3, 0.4) is 0 Å². The zero-order valence-corrected chi connectivity index (χ0v) is 19.7. The Labute approximate surface area is 213 Å². The first-order valence-electron chi connectivity index (χ1n) is 9.88. The van der Waals surface area contributed by atoms with Gasteiger partial charge >= 0.3 is 12.4 Å². The molecule has 0 spiro atoms. The summed E-state index contributed by atoms with van der Waals surface area (Å²) in [6.45, 7) is 0. The number of benzene rings is 2. The summed E-state index contributed by atoms with van der Waals surface area (Å²) in [6.07, 6.45) is -11.8. The number of halogens is 12. The molecule has 1 atom stereocenters. The van der Waals surface area contributed by atoms with Gasteiger partial charge in [0.15, 0.2) is 0 Å². The maximum Gasteiger partial charge on any atom is 0.417 e. The highest BCUT2D eigenvalue weighted by molar-refractivity contribution is 6.48. The van der Waals surface area contributed by atoms with Gasteiger partial charge in [0.05, 0.1) is 26.2 Å². The number of nitrogens with one attached hydrogen (secondary N) is 1. The number of carbonyl (C=O) groups is 1. The minimum atomic E-state index is -5.22. The quantitative estimate of drug-likeness (QED) is 0.276. The third-order valence-electron chi connectivity index (χ3n) is 5.30. The molecule has 1 saturated carbocycles. The minimum absolute atomic E-state index is 0.0293. The van der Waals surface area contributed by atoms with Gasteiger partial charge in [-0.1, -0.05) is 40.9 Å². The van der Waals surface area contributed by atoms with Gasteiger partial charge in [0.25, 0.3) is 11.8 Å². The normalized spacial score (nSPS) is 17.5. The largest absolute Gasteiger partial charge is 0.417 e. The molecule has 2 aromatic carbocycles. The Morgan fingerprint density at radius 2 is 1.56 bits per heavy atom. The Morgan fingerprint density at radius 1 is 1.00 bits per heavy atom. The van der Waals surface area contributed by atoms with E-state index in [1.807, 2.05) is 5.32 Å². The van der Waals surface area contributed by atoms with Crippen molar-refractivity contribution in [2.24, 2.45) is 0 Å². The van der Waals surface area contributed by atoms with E-state index in [9.17, 15) is 44.3 Å². The van der Waals surface area contributed by atoms with Gasteiger partial charge in [-0.15, -0.1) is 0 Å². The lowest BCUT2D eigenvalue weighted by Crippen LogP contribution is -2.50. The minimum Gasteiger partial charge on any atom is -0.349 e. The number of amides is 1. The molecule has 0 saturated heterocycles. The lowest BCUT2D eigenvalue weighted by molar-refractivity contribution is -0.140. The first-order chi connectivity index (χ1) is 16.4. The topological polar surface area (TPSA) is 29.1 Å². The number of rotatable bonds is 5. The van der Waals surface area contributed by atoms with Gasteiger partial charge in [-0.3, -0.25) is 4.79 Å². The van der Waals surface area contributed by atoms with E-state index in [0.717, 1.165) is 12.1 Å². The second-order valence-corrected chi connectivity index (χ2v) is 9.22. The maximum atomic E-state index is 14.9. The van der Waals surface area contributed by atoms with E-state index in [1.54, 1.807) is 0 Å². The van der Waals surface area contributed by atoms with Crippen molar-refractivity contribution in [1.82, 2.24) is 5.32 Å². The van der Waals surface area contributed by atoms with Gasteiger partial charge in [0, 0.05) is 24.4 Å². The van der Waals surface area contributed by atoms with Gasteiger partial charge in [-0.2, -0.15) is 26.3 Å². The van der Waals surface area contributed by atoms with Crippen molar-refractivity contribution in [3.8, 4) is 0 Å². The molecule has 1 N–H and O–H groups in total. The first kappa shape index (κ1) is 28.5. The summed E-state index contributed by atoms with van der Waals surface area (Å²) in [5.41, 5.74) is -4.19. The second kappa shape index (κ2) is 9.98. The average molecular weight is 585 g/mol. The van der Waals surface area contributed by atoms with Crippen LogP contribution in [0.1, 0.15) is 45.8 Å².